The number of anilines is 1. The van der Waals surface area contributed by atoms with E-state index in [-0.39, 0.29) is 15.4 Å². The maximum atomic E-state index is 12.4. The predicted octanol–water partition coefficient (Wildman–Crippen LogP) is 2.56. The van der Waals surface area contributed by atoms with Crippen LogP contribution in [0.4, 0.5) is 5.13 Å². The first-order chi connectivity index (χ1) is 11.1. The molecule has 0 aliphatic rings. The molecule has 0 fully saturated rings. The van der Waals surface area contributed by atoms with Crippen molar-refractivity contribution >= 4 is 32.4 Å². The number of amides is 1. The molecule has 2 N–H and O–H groups in total. The van der Waals surface area contributed by atoms with Crippen LogP contribution in [0, 0.1) is 5.41 Å². The lowest BCUT2D eigenvalue weighted by atomic mass is 9.96. The smallest absolute Gasteiger partial charge is 0.270 e. The fourth-order valence-electron chi connectivity index (χ4n) is 1.75. The molecular formula is C15H20N4O3S2. The summed E-state index contributed by atoms with van der Waals surface area (Å²) >= 11 is 0.817. The molecule has 0 radical (unpaired) electrons. The van der Waals surface area contributed by atoms with E-state index in [4.69, 9.17) is 0 Å². The molecule has 1 aromatic heterocycles. The highest BCUT2D eigenvalue weighted by atomic mass is 32.2. The van der Waals surface area contributed by atoms with Gasteiger partial charge in [-0.05, 0) is 12.5 Å². The highest BCUT2D eigenvalue weighted by Gasteiger charge is 2.26. The molecule has 0 saturated carbocycles. The maximum absolute atomic E-state index is 12.4. The molecule has 1 amide bonds. The highest BCUT2D eigenvalue weighted by molar-refractivity contribution is 7.91. The zero-order chi connectivity index (χ0) is 18.0. The van der Waals surface area contributed by atoms with Gasteiger partial charge in [-0.3, -0.25) is 4.79 Å². The summed E-state index contributed by atoms with van der Waals surface area (Å²) in [6, 6.07) is 8.80. The fraction of sp³-hybridized carbons (Fsp3) is 0.400. The van der Waals surface area contributed by atoms with E-state index in [1.165, 1.54) is 0 Å². The Balaban J connectivity index is 2.12. The molecule has 9 heteroatoms. The molecule has 0 aliphatic heterocycles. The minimum Gasteiger partial charge on any atom is -0.300 e. The summed E-state index contributed by atoms with van der Waals surface area (Å²) in [4.78, 5) is 11.9. The van der Waals surface area contributed by atoms with Crippen molar-refractivity contribution < 1.29 is 13.2 Å². The molecule has 0 saturated heterocycles. The van der Waals surface area contributed by atoms with Gasteiger partial charge in [-0.1, -0.05) is 62.4 Å². The van der Waals surface area contributed by atoms with Gasteiger partial charge in [-0.2, -0.15) is 0 Å². The van der Waals surface area contributed by atoms with Gasteiger partial charge in [-0.25, -0.2) is 13.1 Å². The highest BCUT2D eigenvalue weighted by Crippen LogP contribution is 2.24. The number of rotatable bonds is 5. The second kappa shape index (κ2) is 6.96. The number of hydrogen-bond acceptors (Lipinski definition) is 6. The zero-order valence-corrected chi connectivity index (χ0v) is 15.5. The van der Waals surface area contributed by atoms with E-state index in [0.717, 1.165) is 16.9 Å². The largest absolute Gasteiger partial charge is 0.300 e. The molecule has 0 spiro atoms. The Labute approximate surface area is 145 Å². The number of nitrogens with one attached hydrogen (secondary N) is 2. The zero-order valence-electron chi connectivity index (χ0n) is 13.9. The van der Waals surface area contributed by atoms with Gasteiger partial charge in [0.1, 0.15) is 0 Å². The van der Waals surface area contributed by atoms with E-state index in [0.29, 0.717) is 0 Å². The van der Waals surface area contributed by atoms with Gasteiger partial charge in [-0.15, -0.1) is 10.2 Å². The van der Waals surface area contributed by atoms with E-state index in [1.54, 1.807) is 27.7 Å². The van der Waals surface area contributed by atoms with Crippen molar-refractivity contribution in [1.29, 1.82) is 0 Å². The maximum Gasteiger partial charge on any atom is 0.270 e. The Morgan fingerprint density at radius 3 is 2.38 bits per heavy atom. The number of sulfonamides is 1. The Hall–Kier alpha value is -1.84. The first kappa shape index (κ1) is 18.5. The second-order valence-electron chi connectivity index (χ2n) is 6.33. The monoisotopic (exact) mass is 368 g/mol. The molecule has 24 heavy (non-hydrogen) atoms. The lowest BCUT2D eigenvalue weighted by Gasteiger charge is -2.15. The SMILES string of the molecule is CC(NS(=O)(=O)c1nnc(NC(=O)C(C)(C)C)s1)c1ccccc1. The molecule has 1 atom stereocenters. The summed E-state index contributed by atoms with van der Waals surface area (Å²) in [5.74, 6) is -0.256. The van der Waals surface area contributed by atoms with E-state index in [1.807, 2.05) is 30.3 Å². The number of carbonyl (C=O) groups excluding carboxylic acids is 1. The first-order valence-corrected chi connectivity index (χ1v) is 9.62. The summed E-state index contributed by atoms with van der Waals surface area (Å²) in [7, 11) is -3.81. The van der Waals surface area contributed by atoms with Crippen LogP contribution < -0.4 is 10.0 Å². The van der Waals surface area contributed by atoms with Crippen LogP contribution in [0.3, 0.4) is 0 Å². The average Bonchev–Trinajstić information content (AvgIpc) is 2.96. The van der Waals surface area contributed by atoms with Gasteiger partial charge in [0.25, 0.3) is 10.0 Å². The molecule has 2 rings (SSSR count). The number of nitrogens with zero attached hydrogens (tertiary/aromatic N) is 2. The quantitative estimate of drug-likeness (QED) is 0.790. The summed E-state index contributed by atoms with van der Waals surface area (Å²) < 4.78 is 27.2. The third-order valence-electron chi connectivity index (χ3n) is 3.17. The number of hydrogen-bond donors (Lipinski definition) is 2. The van der Waals surface area contributed by atoms with E-state index < -0.39 is 21.5 Å². The van der Waals surface area contributed by atoms with E-state index >= 15 is 0 Å². The standard InChI is InChI=1S/C15H20N4O3S2/c1-10(11-8-6-5-7-9-11)19-24(21,22)14-18-17-13(23-14)16-12(20)15(2,3)4/h5-10,19H,1-4H3,(H,16,17,20). The van der Waals surface area contributed by atoms with Gasteiger partial charge in [0.15, 0.2) is 0 Å². The van der Waals surface area contributed by atoms with Crippen LogP contribution in [0.1, 0.15) is 39.3 Å². The molecular weight excluding hydrogens is 348 g/mol. The molecule has 130 valence electrons. The first-order valence-electron chi connectivity index (χ1n) is 7.32. The Kier molecular flexibility index (Phi) is 5.36. The van der Waals surface area contributed by atoms with Gasteiger partial charge < -0.3 is 5.32 Å². The third kappa shape index (κ3) is 4.59. The van der Waals surface area contributed by atoms with Gasteiger partial charge in [0.2, 0.25) is 15.4 Å². The van der Waals surface area contributed by atoms with Crippen molar-refractivity contribution in [3.63, 3.8) is 0 Å². The minimum atomic E-state index is -3.81. The predicted molar refractivity (Wildman–Crippen MR) is 93.2 cm³/mol. The van der Waals surface area contributed by atoms with Crippen molar-refractivity contribution in [2.45, 2.75) is 38.1 Å². The van der Waals surface area contributed by atoms with Gasteiger partial charge >= 0.3 is 0 Å². The van der Waals surface area contributed by atoms with Crippen LogP contribution in [0.15, 0.2) is 34.7 Å². The molecule has 7 nitrogen and oxygen atoms in total. The molecule has 1 heterocycles. The van der Waals surface area contributed by atoms with Crippen molar-refractivity contribution in [2.75, 3.05) is 5.32 Å². The van der Waals surface area contributed by atoms with Crippen LogP contribution in [-0.2, 0) is 14.8 Å². The molecule has 1 aromatic carbocycles. The van der Waals surface area contributed by atoms with Crippen LogP contribution in [0.5, 0.6) is 0 Å². The normalized spacial score (nSPS) is 13.5. The molecule has 1 unspecified atom stereocenters. The van der Waals surface area contributed by atoms with Gasteiger partial charge in [0.05, 0.1) is 0 Å². The summed E-state index contributed by atoms with van der Waals surface area (Å²) in [5, 5.41) is 10.1. The fourth-order valence-corrected chi connectivity index (χ4v) is 3.89. The van der Waals surface area contributed by atoms with E-state index in [9.17, 15) is 13.2 Å². The molecule has 0 aliphatic carbocycles. The lowest BCUT2D eigenvalue weighted by Crippen LogP contribution is -2.27. The van der Waals surface area contributed by atoms with Crippen molar-refractivity contribution in [2.24, 2.45) is 5.41 Å². The van der Waals surface area contributed by atoms with Crippen LogP contribution in [-0.4, -0.2) is 24.5 Å². The Bertz CT molecular complexity index is 811. The van der Waals surface area contributed by atoms with Crippen LogP contribution in [0.2, 0.25) is 0 Å². The van der Waals surface area contributed by atoms with Crippen molar-refractivity contribution in [3.8, 4) is 0 Å². The van der Waals surface area contributed by atoms with Crippen LogP contribution >= 0.6 is 11.3 Å². The number of aromatic nitrogens is 2. The average molecular weight is 368 g/mol. The van der Waals surface area contributed by atoms with Crippen LogP contribution in [0.25, 0.3) is 0 Å². The van der Waals surface area contributed by atoms with Crippen molar-refractivity contribution in [3.05, 3.63) is 35.9 Å². The molecule has 0 bridgehead atoms. The van der Waals surface area contributed by atoms with Gasteiger partial charge in [0, 0.05) is 11.5 Å². The number of benzene rings is 1. The molecule has 2 aromatic rings. The topological polar surface area (TPSA) is 101 Å². The van der Waals surface area contributed by atoms with E-state index in [2.05, 4.69) is 20.2 Å². The lowest BCUT2D eigenvalue weighted by molar-refractivity contribution is -0.123. The number of carbonyl (C=O) groups is 1. The second-order valence-corrected chi connectivity index (χ2v) is 9.20. The summed E-state index contributed by atoms with van der Waals surface area (Å²) in [6.07, 6.45) is 0. The minimum absolute atomic E-state index is 0.155. The summed E-state index contributed by atoms with van der Waals surface area (Å²) in [6.45, 7) is 7.01. The Morgan fingerprint density at radius 2 is 1.79 bits per heavy atom. The van der Waals surface area contributed by atoms with Crippen molar-refractivity contribution in [1.82, 2.24) is 14.9 Å². The Morgan fingerprint density at radius 1 is 1.17 bits per heavy atom. The third-order valence-corrected chi connectivity index (χ3v) is 5.92. The summed E-state index contributed by atoms with van der Waals surface area (Å²) in [5.41, 5.74) is 0.233.